The van der Waals surface area contributed by atoms with Crippen molar-refractivity contribution in [3.05, 3.63) is 58.7 Å². The van der Waals surface area contributed by atoms with Gasteiger partial charge in [-0.3, -0.25) is 14.4 Å². The number of carbonyl (C=O) groups is 3. The lowest BCUT2D eigenvalue weighted by molar-refractivity contribution is -0.139. The predicted octanol–water partition coefficient (Wildman–Crippen LogP) is 2.71. The third-order valence-electron chi connectivity index (χ3n) is 10.2. The van der Waals surface area contributed by atoms with E-state index in [1.807, 2.05) is 12.1 Å². The number of nitrogens with zero attached hydrogens (tertiary/aromatic N) is 1. The molecule has 2 bridgehead atoms. The van der Waals surface area contributed by atoms with Crippen molar-refractivity contribution >= 4 is 18.1 Å². The highest BCUT2D eigenvalue weighted by molar-refractivity contribution is 5.96. The molecule has 3 unspecified atom stereocenters. The minimum absolute atomic E-state index is 0.0241. The summed E-state index contributed by atoms with van der Waals surface area (Å²) in [6.07, 6.45) is 5.14. The first kappa shape index (κ1) is 29.6. The van der Waals surface area contributed by atoms with E-state index in [2.05, 4.69) is 5.32 Å². The van der Waals surface area contributed by atoms with Crippen molar-refractivity contribution in [2.24, 2.45) is 17.8 Å². The van der Waals surface area contributed by atoms with E-state index in [0.29, 0.717) is 64.6 Å². The van der Waals surface area contributed by atoms with E-state index in [1.165, 1.54) is 20.0 Å². The molecule has 11 heteroatoms. The molecule has 11 nitrogen and oxygen atoms in total. The van der Waals surface area contributed by atoms with E-state index >= 15 is 0 Å². The topological polar surface area (TPSA) is 144 Å². The van der Waals surface area contributed by atoms with Crippen LogP contribution in [0.25, 0.3) is 0 Å². The molecule has 0 spiro atoms. The Hall–Kier alpha value is -4.09. The van der Waals surface area contributed by atoms with Gasteiger partial charge in [0.05, 0.1) is 25.7 Å². The molecule has 3 aliphatic carbocycles. The second kappa shape index (κ2) is 12.0. The van der Waals surface area contributed by atoms with Crippen molar-refractivity contribution in [1.29, 1.82) is 0 Å². The van der Waals surface area contributed by atoms with Crippen LogP contribution in [0.2, 0.25) is 0 Å². The lowest BCUT2D eigenvalue weighted by Gasteiger charge is -2.41. The number of rotatable bonds is 10. The summed E-state index contributed by atoms with van der Waals surface area (Å²) in [4.78, 5) is 41.4. The minimum Gasteiger partial charge on any atom is -0.493 e. The number of hydrogen-bond acceptors (Lipinski definition) is 9. The first-order valence-corrected chi connectivity index (χ1v) is 15.7. The van der Waals surface area contributed by atoms with Crippen LogP contribution in [0, 0.1) is 17.8 Å². The number of amides is 2. The molecule has 238 valence electrons. The molecule has 0 radical (unpaired) electrons. The van der Waals surface area contributed by atoms with Gasteiger partial charge in [-0.15, -0.1) is 0 Å². The molecular weight excluding hydrogens is 580 g/mol. The fourth-order valence-corrected chi connectivity index (χ4v) is 8.12. The minimum atomic E-state index is -1.21. The van der Waals surface area contributed by atoms with Crippen molar-refractivity contribution in [3.8, 4) is 23.0 Å². The highest BCUT2D eigenvalue weighted by Gasteiger charge is 2.52. The summed E-state index contributed by atoms with van der Waals surface area (Å²) in [6, 6.07) is 7.80. The third-order valence-corrected chi connectivity index (χ3v) is 10.2. The number of aliphatic hydroxyl groups is 2. The van der Waals surface area contributed by atoms with Crippen LogP contribution in [0.1, 0.15) is 59.5 Å². The van der Waals surface area contributed by atoms with Gasteiger partial charge in [-0.1, -0.05) is 12.5 Å². The molecule has 7 atom stereocenters. The summed E-state index contributed by atoms with van der Waals surface area (Å²) >= 11 is 0. The van der Waals surface area contributed by atoms with Gasteiger partial charge in [-0.2, -0.15) is 0 Å². The van der Waals surface area contributed by atoms with Crippen molar-refractivity contribution < 1.29 is 43.5 Å². The number of aliphatic hydroxyl groups excluding tert-OH is 2. The standard InChI is InChI=1S/C34H38N2O9/c1-42-28-12-20(16-38)10-23-30-24(34(41)35-6-7-37)14-25(31(40)33(30)45-32(23)28)36(15-19-3-5-26-27(11-19)44-17-43-26)29(39)13-22-9-18-2-4-21(22)8-18/h3,5,10-12,14,16,18,21-22,25,30-31,33,37,40H,2,4,6-9,13,15,17H2,1H3,(H,35,41)/t18?,21?,22?,25-,30+,31+,33+/m1/s1. The van der Waals surface area contributed by atoms with E-state index in [1.54, 1.807) is 29.2 Å². The lowest BCUT2D eigenvalue weighted by Crippen LogP contribution is -2.55. The van der Waals surface area contributed by atoms with Gasteiger partial charge < -0.3 is 39.4 Å². The van der Waals surface area contributed by atoms with Crippen LogP contribution < -0.4 is 24.3 Å². The molecule has 3 N–H and O–H groups in total. The first-order chi connectivity index (χ1) is 21.9. The van der Waals surface area contributed by atoms with Crippen LogP contribution in [0.3, 0.4) is 0 Å². The molecule has 0 aromatic heterocycles. The molecule has 2 fully saturated rings. The monoisotopic (exact) mass is 618 g/mol. The van der Waals surface area contributed by atoms with E-state index in [-0.39, 0.29) is 38.0 Å². The van der Waals surface area contributed by atoms with Crippen LogP contribution in [0.4, 0.5) is 0 Å². The predicted molar refractivity (Wildman–Crippen MR) is 160 cm³/mol. The van der Waals surface area contributed by atoms with Crippen LogP contribution in [0.15, 0.2) is 42.0 Å². The molecule has 45 heavy (non-hydrogen) atoms. The Kier molecular flexibility index (Phi) is 7.91. The largest absolute Gasteiger partial charge is 0.493 e. The van der Waals surface area contributed by atoms with Gasteiger partial charge in [-0.25, -0.2) is 0 Å². The van der Waals surface area contributed by atoms with Crippen molar-refractivity contribution in [2.45, 2.75) is 62.8 Å². The Morgan fingerprint density at radius 1 is 1.13 bits per heavy atom. The van der Waals surface area contributed by atoms with Gasteiger partial charge in [0.1, 0.15) is 18.5 Å². The van der Waals surface area contributed by atoms with Gasteiger partial charge in [0, 0.05) is 36.2 Å². The van der Waals surface area contributed by atoms with Crippen LogP contribution in [-0.4, -0.2) is 78.5 Å². The number of ether oxygens (including phenoxy) is 4. The Bertz CT molecular complexity index is 1540. The van der Waals surface area contributed by atoms with Crippen LogP contribution in [0.5, 0.6) is 23.0 Å². The van der Waals surface area contributed by atoms with Gasteiger partial charge in [0.2, 0.25) is 18.6 Å². The number of aldehydes is 1. The summed E-state index contributed by atoms with van der Waals surface area (Å²) in [5, 5.41) is 24.2. The molecule has 2 saturated carbocycles. The highest BCUT2D eigenvalue weighted by Crippen LogP contribution is 2.52. The third kappa shape index (κ3) is 5.31. The normalized spacial score (nSPS) is 28.5. The summed E-state index contributed by atoms with van der Waals surface area (Å²) in [6.45, 7) is 0.0607. The van der Waals surface area contributed by atoms with E-state index < -0.39 is 30.1 Å². The summed E-state index contributed by atoms with van der Waals surface area (Å²) in [5.41, 5.74) is 1.96. The number of benzene rings is 2. The fourth-order valence-electron chi connectivity index (χ4n) is 8.12. The van der Waals surface area contributed by atoms with Crippen LogP contribution in [-0.2, 0) is 16.1 Å². The molecule has 0 saturated heterocycles. The summed E-state index contributed by atoms with van der Waals surface area (Å²) in [5.74, 6) is 2.09. The molecule has 2 aromatic carbocycles. The fraction of sp³-hybridized carbons (Fsp3) is 0.500. The zero-order valence-electron chi connectivity index (χ0n) is 25.1. The van der Waals surface area contributed by atoms with E-state index in [4.69, 9.17) is 18.9 Å². The number of methoxy groups -OCH3 is 1. The molecule has 2 heterocycles. The Morgan fingerprint density at radius 3 is 2.71 bits per heavy atom. The summed E-state index contributed by atoms with van der Waals surface area (Å²) in [7, 11) is 1.46. The molecule has 2 aromatic rings. The van der Waals surface area contributed by atoms with Crippen molar-refractivity contribution in [2.75, 3.05) is 27.1 Å². The Balaban J connectivity index is 1.28. The number of carbonyl (C=O) groups excluding carboxylic acids is 3. The van der Waals surface area contributed by atoms with E-state index in [9.17, 15) is 24.6 Å². The Labute approximate surface area is 261 Å². The highest BCUT2D eigenvalue weighted by atomic mass is 16.7. The van der Waals surface area contributed by atoms with Gasteiger partial charge >= 0.3 is 0 Å². The number of fused-ring (bicyclic) bond motifs is 6. The van der Waals surface area contributed by atoms with Gasteiger partial charge in [0.15, 0.2) is 23.0 Å². The van der Waals surface area contributed by atoms with Gasteiger partial charge in [0.25, 0.3) is 0 Å². The molecule has 7 rings (SSSR count). The Morgan fingerprint density at radius 2 is 1.98 bits per heavy atom. The zero-order chi connectivity index (χ0) is 31.2. The average Bonchev–Trinajstić information content (AvgIpc) is 3.86. The SMILES string of the molecule is COc1cc(C=O)cc2c1O[C@@H]1[C@@H](O)[C@H](N(Cc3ccc4c(c3)OCO4)C(=O)CC3CC4CCC3C4)C=C(C(=O)NCCO)[C@H]21. The molecule has 5 aliphatic rings. The van der Waals surface area contributed by atoms with Crippen molar-refractivity contribution in [1.82, 2.24) is 10.2 Å². The molecule has 2 aliphatic heterocycles. The number of nitrogens with one attached hydrogen (secondary N) is 1. The molecule has 2 amide bonds. The lowest BCUT2D eigenvalue weighted by atomic mass is 9.77. The second-order valence-corrected chi connectivity index (χ2v) is 12.8. The quantitative estimate of drug-likeness (QED) is 0.343. The maximum atomic E-state index is 14.3. The summed E-state index contributed by atoms with van der Waals surface area (Å²) < 4.78 is 22.9. The first-order valence-electron chi connectivity index (χ1n) is 15.7. The number of hydrogen-bond donors (Lipinski definition) is 3. The average molecular weight is 619 g/mol. The second-order valence-electron chi connectivity index (χ2n) is 12.8. The zero-order valence-corrected chi connectivity index (χ0v) is 25.1. The van der Waals surface area contributed by atoms with E-state index in [0.717, 1.165) is 18.4 Å². The van der Waals surface area contributed by atoms with Crippen LogP contribution >= 0.6 is 0 Å². The van der Waals surface area contributed by atoms with Gasteiger partial charge in [-0.05, 0) is 72.9 Å². The van der Waals surface area contributed by atoms with Crippen molar-refractivity contribution in [3.63, 3.8) is 0 Å². The maximum absolute atomic E-state index is 14.3. The maximum Gasteiger partial charge on any atom is 0.247 e. The smallest absolute Gasteiger partial charge is 0.247 e. The molecular formula is C34H38N2O9.